The van der Waals surface area contributed by atoms with Crippen molar-refractivity contribution in [2.24, 2.45) is 5.92 Å². The van der Waals surface area contributed by atoms with Crippen LogP contribution in [0, 0.1) is 11.7 Å². The van der Waals surface area contributed by atoms with E-state index in [1.807, 2.05) is 18.5 Å². The van der Waals surface area contributed by atoms with Crippen molar-refractivity contribution in [1.29, 1.82) is 0 Å². The van der Waals surface area contributed by atoms with E-state index in [0.717, 1.165) is 66.2 Å². The highest BCUT2D eigenvalue weighted by molar-refractivity contribution is 5.74. The molecule has 6 nitrogen and oxygen atoms in total. The van der Waals surface area contributed by atoms with Gasteiger partial charge in [-0.05, 0) is 50.7 Å². The lowest BCUT2D eigenvalue weighted by molar-refractivity contribution is 0.567. The van der Waals surface area contributed by atoms with Crippen LogP contribution < -0.4 is 10.2 Å². The summed E-state index contributed by atoms with van der Waals surface area (Å²) in [5.41, 5.74) is 4.40. The van der Waals surface area contributed by atoms with Crippen molar-refractivity contribution in [2.75, 3.05) is 11.4 Å². The molecule has 3 aromatic heterocycles. The van der Waals surface area contributed by atoms with Gasteiger partial charge in [0.15, 0.2) is 5.65 Å². The fraction of sp³-hybridized carbons (Fsp3) is 0.409. The fourth-order valence-corrected chi connectivity index (χ4v) is 5.33. The first-order chi connectivity index (χ1) is 14.1. The average molecular weight is 390 g/mol. The average Bonchev–Trinajstić information content (AvgIpc) is 3.09. The van der Waals surface area contributed by atoms with Crippen molar-refractivity contribution < 1.29 is 4.39 Å². The summed E-state index contributed by atoms with van der Waals surface area (Å²) in [7, 11) is 0. The molecule has 1 spiro atoms. The molecule has 3 aliphatic rings. The van der Waals surface area contributed by atoms with E-state index in [9.17, 15) is 4.39 Å². The molecule has 3 atom stereocenters. The molecule has 5 heterocycles. The van der Waals surface area contributed by atoms with Crippen molar-refractivity contribution >= 4 is 17.2 Å². The van der Waals surface area contributed by atoms with Gasteiger partial charge < -0.3 is 10.2 Å². The number of rotatable bonds is 0. The number of hydrogen-bond acceptors (Lipinski definition) is 5. The molecular formula is C22H23FN6. The first-order valence-corrected chi connectivity index (χ1v) is 10.3. The van der Waals surface area contributed by atoms with Crippen LogP contribution in [0.4, 0.5) is 10.2 Å². The highest BCUT2D eigenvalue weighted by atomic mass is 19.1. The number of nitrogens with one attached hydrogen (secondary N) is 1. The number of fused-ring (bicyclic) bond motifs is 3. The Morgan fingerprint density at radius 3 is 3.07 bits per heavy atom. The van der Waals surface area contributed by atoms with E-state index in [-0.39, 0.29) is 17.4 Å². The molecule has 148 valence electrons. The van der Waals surface area contributed by atoms with Gasteiger partial charge in [0, 0.05) is 35.7 Å². The van der Waals surface area contributed by atoms with Crippen LogP contribution in [0.15, 0.2) is 37.3 Å². The van der Waals surface area contributed by atoms with Gasteiger partial charge in [0.25, 0.3) is 0 Å². The van der Waals surface area contributed by atoms with Crippen LogP contribution in [0.5, 0.6) is 0 Å². The topological polar surface area (TPSA) is 58.4 Å². The Labute approximate surface area is 168 Å². The largest absolute Gasteiger partial charge is 0.382 e. The molecule has 1 N–H and O–H groups in total. The first kappa shape index (κ1) is 16.9. The summed E-state index contributed by atoms with van der Waals surface area (Å²) in [6.07, 6.45) is 8.94. The molecule has 7 heteroatoms. The van der Waals surface area contributed by atoms with E-state index in [0.29, 0.717) is 5.92 Å². The molecular weight excluding hydrogens is 367 g/mol. The van der Waals surface area contributed by atoms with Crippen LogP contribution >= 0.6 is 0 Å². The van der Waals surface area contributed by atoms with Crippen LogP contribution in [0.3, 0.4) is 0 Å². The third kappa shape index (κ3) is 2.36. The van der Waals surface area contributed by atoms with Crippen molar-refractivity contribution in [1.82, 2.24) is 24.9 Å². The second-order valence-electron chi connectivity index (χ2n) is 8.59. The van der Waals surface area contributed by atoms with Gasteiger partial charge in [0.2, 0.25) is 0 Å². The standard InChI is InChI=1S/C22H23FN6/c1-13-3-4-19-18(9-16(23)11-24-19)22-10-15(22)5-7-28(22)20-6-8-29-21(27-20)17(12-25-29)14(2)26-13/h6,8-9,11-13,15,26H,2-5,7,10H2,1H3/t13-,15?,22?/m1/s1. The van der Waals surface area contributed by atoms with Gasteiger partial charge in [-0.3, -0.25) is 4.98 Å². The van der Waals surface area contributed by atoms with Gasteiger partial charge in [-0.25, -0.2) is 13.9 Å². The minimum Gasteiger partial charge on any atom is -0.382 e. The lowest BCUT2D eigenvalue weighted by Crippen LogP contribution is -2.35. The van der Waals surface area contributed by atoms with Crippen LogP contribution in [0.1, 0.15) is 43.0 Å². The minimum absolute atomic E-state index is 0.183. The zero-order chi connectivity index (χ0) is 19.8. The Morgan fingerprint density at radius 1 is 1.31 bits per heavy atom. The second kappa shape index (κ2) is 5.78. The van der Waals surface area contributed by atoms with Gasteiger partial charge in [-0.1, -0.05) is 6.58 Å². The summed E-state index contributed by atoms with van der Waals surface area (Å²) in [5, 5.41) is 7.93. The maximum absolute atomic E-state index is 14.3. The number of aromatic nitrogens is 4. The van der Waals surface area contributed by atoms with Crippen molar-refractivity contribution in [3.8, 4) is 0 Å². The first-order valence-electron chi connectivity index (χ1n) is 10.3. The third-order valence-corrected chi connectivity index (χ3v) is 6.85. The van der Waals surface area contributed by atoms with E-state index in [1.54, 1.807) is 10.6 Å². The Balaban J connectivity index is 1.57. The maximum atomic E-state index is 14.3. The van der Waals surface area contributed by atoms with Crippen molar-refractivity contribution in [3.63, 3.8) is 0 Å². The number of anilines is 1. The molecule has 1 aliphatic carbocycles. The van der Waals surface area contributed by atoms with Gasteiger partial charge in [-0.15, -0.1) is 0 Å². The van der Waals surface area contributed by atoms with E-state index in [2.05, 4.69) is 33.8 Å². The van der Waals surface area contributed by atoms with Gasteiger partial charge >= 0.3 is 0 Å². The summed E-state index contributed by atoms with van der Waals surface area (Å²) < 4.78 is 16.1. The molecule has 2 fully saturated rings. The number of pyridine rings is 1. The Morgan fingerprint density at radius 2 is 2.21 bits per heavy atom. The normalized spacial score (nSPS) is 28.1. The molecule has 0 amide bonds. The van der Waals surface area contributed by atoms with Crippen molar-refractivity contribution in [2.45, 2.75) is 44.2 Å². The second-order valence-corrected chi connectivity index (χ2v) is 8.59. The van der Waals surface area contributed by atoms with E-state index in [1.165, 1.54) is 6.20 Å². The van der Waals surface area contributed by atoms with Crippen LogP contribution in [-0.4, -0.2) is 32.2 Å². The molecule has 29 heavy (non-hydrogen) atoms. The number of piperidine rings is 1. The summed E-state index contributed by atoms with van der Waals surface area (Å²) >= 11 is 0. The Hall–Kier alpha value is -2.96. The molecule has 1 saturated heterocycles. The fourth-order valence-electron chi connectivity index (χ4n) is 5.33. The molecule has 1 saturated carbocycles. The van der Waals surface area contributed by atoms with Crippen LogP contribution in [-0.2, 0) is 12.0 Å². The van der Waals surface area contributed by atoms with E-state index < -0.39 is 0 Å². The van der Waals surface area contributed by atoms with Crippen molar-refractivity contribution in [3.05, 3.63) is 59.9 Å². The van der Waals surface area contributed by atoms with Crippen LogP contribution in [0.2, 0.25) is 0 Å². The van der Waals surface area contributed by atoms with Gasteiger partial charge in [0.1, 0.15) is 11.6 Å². The molecule has 2 unspecified atom stereocenters. The number of nitrogens with zero attached hydrogens (tertiary/aromatic N) is 5. The molecule has 6 rings (SSSR count). The summed E-state index contributed by atoms with van der Waals surface area (Å²) in [4.78, 5) is 11.9. The van der Waals surface area contributed by atoms with Crippen LogP contribution in [0.25, 0.3) is 11.3 Å². The predicted molar refractivity (Wildman–Crippen MR) is 109 cm³/mol. The van der Waals surface area contributed by atoms with Gasteiger partial charge in [-0.2, -0.15) is 5.10 Å². The third-order valence-electron chi connectivity index (χ3n) is 6.85. The quantitative estimate of drug-likeness (QED) is 0.638. The monoisotopic (exact) mass is 390 g/mol. The number of aryl methyl sites for hydroxylation is 1. The van der Waals surface area contributed by atoms with E-state index in [4.69, 9.17) is 4.98 Å². The Kier molecular flexibility index (Phi) is 3.38. The lowest BCUT2D eigenvalue weighted by atomic mass is 9.96. The summed E-state index contributed by atoms with van der Waals surface area (Å²) in [6.45, 7) is 7.28. The summed E-state index contributed by atoms with van der Waals surface area (Å²) in [5.74, 6) is 1.18. The molecule has 0 radical (unpaired) electrons. The minimum atomic E-state index is -0.263. The maximum Gasteiger partial charge on any atom is 0.166 e. The molecule has 3 aromatic rings. The molecule has 2 aliphatic heterocycles. The number of halogens is 1. The number of hydrogen-bond donors (Lipinski definition) is 1. The zero-order valence-corrected chi connectivity index (χ0v) is 16.4. The smallest absolute Gasteiger partial charge is 0.166 e. The zero-order valence-electron chi connectivity index (χ0n) is 16.4. The highest BCUT2D eigenvalue weighted by Gasteiger charge is 2.64. The van der Waals surface area contributed by atoms with E-state index >= 15 is 0 Å². The molecule has 0 aromatic carbocycles. The Bertz CT molecular complexity index is 1150. The van der Waals surface area contributed by atoms with Gasteiger partial charge in [0.05, 0.1) is 23.5 Å². The molecule has 2 bridgehead atoms. The SMILES string of the molecule is C=C1N[C@H](C)CCc2ncc(F)cc2C23CC2CCN3c2ccn3ncc1c3n2. The summed E-state index contributed by atoms with van der Waals surface area (Å²) in [6, 6.07) is 3.92. The highest BCUT2D eigenvalue weighted by Crippen LogP contribution is 2.63. The predicted octanol–water partition coefficient (Wildman–Crippen LogP) is 3.28. The lowest BCUT2D eigenvalue weighted by Gasteiger charge is -2.31.